The lowest BCUT2D eigenvalue weighted by atomic mass is 10.1. The van der Waals surface area contributed by atoms with Crippen molar-refractivity contribution < 1.29 is 19.2 Å². The zero-order chi connectivity index (χ0) is 20.4. The number of nitrogens with zero attached hydrogens (tertiary/aromatic N) is 3. The molecule has 10 heteroatoms. The van der Waals surface area contributed by atoms with Crippen LogP contribution in [0.3, 0.4) is 0 Å². The number of methoxy groups -OCH3 is 1. The van der Waals surface area contributed by atoms with Gasteiger partial charge in [-0.3, -0.25) is 10.1 Å². The van der Waals surface area contributed by atoms with Crippen LogP contribution in [0.4, 0.5) is 16.2 Å². The van der Waals surface area contributed by atoms with Crippen molar-refractivity contribution in [1.29, 1.82) is 0 Å². The van der Waals surface area contributed by atoms with E-state index in [-0.39, 0.29) is 17.0 Å². The predicted molar refractivity (Wildman–Crippen MR) is 101 cm³/mol. The number of nitro groups is 1. The average Bonchev–Trinajstić information content (AvgIpc) is 3.05. The van der Waals surface area contributed by atoms with E-state index in [9.17, 15) is 19.7 Å². The highest BCUT2D eigenvalue weighted by Crippen LogP contribution is 2.23. The van der Waals surface area contributed by atoms with E-state index in [0.717, 1.165) is 15.7 Å². The summed E-state index contributed by atoms with van der Waals surface area (Å²) >= 11 is 0. The van der Waals surface area contributed by atoms with Gasteiger partial charge in [0.25, 0.3) is 5.69 Å². The Bertz CT molecular complexity index is 1110. The van der Waals surface area contributed by atoms with Gasteiger partial charge >= 0.3 is 12.0 Å². The van der Waals surface area contributed by atoms with Crippen molar-refractivity contribution in [3.8, 4) is 0 Å². The Kier molecular flexibility index (Phi) is 4.94. The number of carbonyl (C=O) groups is 2. The number of esters is 1. The monoisotopic (exact) mass is 383 g/mol. The number of aromatic nitrogens is 2. The van der Waals surface area contributed by atoms with Gasteiger partial charge in [0.1, 0.15) is 11.3 Å². The fourth-order valence-electron chi connectivity index (χ4n) is 2.83. The van der Waals surface area contributed by atoms with Gasteiger partial charge in [0.15, 0.2) is 0 Å². The van der Waals surface area contributed by atoms with E-state index >= 15 is 0 Å². The molecule has 0 atom stereocenters. The van der Waals surface area contributed by atoms with Crippen LogP contribution in [0.25, 0.3) is 11.0 Å². The van der Waals surface area contributed by atoms with Crippen molar-refractivity contribution in [3.05, 3.63) is 63.5 Å². The van der Waals surface area contributed by atoms with Gasteiger partial charge in [0.2, 0.25) is 0 Å². The number of nitro benzene ring substituents is 1. The second kappa shape index (κ2) is 7.35. The molecule has 3 aromatic rings. The highest BCUT2D eigenvalue weighted by molar-refractivity contribution is 6.01. The van der Waals surface area contributed by atoms with Gasteiger partial charge in [-0.1, -0.05) is 6.07 Å². The number of ether oxygens (including phenoxy) is 1. The number of carbonyl (C=O) groups excluding carboxylic acids is 2. The van der Waals surface area contributed by atoms with Crippen LogP contribution in [-0.4, -0.2) is 33.6 Å². The number of nitrogens with two attached hydrogens (primary N) is 1. The predicted octanol–water partition coefficient (Wildman–Crippen LogP) is 2.58. The van der Waals surface area contributed by atoms with Gasteiger partial charge in [0.05, 0.1) is 23.9 Å². The first-order valence-corrected chi connectivity index (χ1v) is 8.19. The number of aryl methyl sites for hydroxylation is 1. The maximum atomic E-state index is 11.9. The molecule has 3 N–H and O–H groups in total. The van der Waals surface area contributed by atoms with E-state index in [4.69, 9.17) is 5.73 Å². The number of fused-ring (bicyclic) bond motifs is 1. The van der Waals surface area contributed by atoms with Crippen molar-refractivity contribution in [2.75, 3.05) is 12.4 Å². The molecular formula is C18H17N5O5. The summed E-state index contributed by atoms with van der Waals surface area (Å²) < 4.78 is 5.65. The Morgan fingerprint density at radius 3 is 2.71 bits per heavy atom. The minimum absolute atomic E-state index is 0.0113. The molecule has 10 nitrogen and oxygen atoms in total. The van der Waals surface area contributed by atoms with E-state index in [1.54, 1.807) is 12.1 Å². The molecule has 0 aliphatic carbocycles. The third-order valence-corrected chi connectivity index (χ3v) is 4.28. The summed E-state index contributed by atoms with van der Waals surface area (Å²) in [4.78, 5) is 38.3. The molecule has 144 valence electrons. The summed E-state index contributed by atoms with van der Waals surface area (Å²) in [5.41, 5.74) is 7.84. The van der Waals surface area contributed by atoms with Crippen molar-refractivity contribution in [2.45, 2.75) is 13.5 Å². The largest absolute Gasteiger partial charge is 0.464 e. The molecule has 0 fully saturated rings. The SMILES string of the molecule is COC(=O)c1cc2cc(NCc3cc([N+](=O)[O-])ccc3C)cnc2n1C(N)=O. The van der Waals surface area contributed by atoms with Gasteiger partial charge in [-0.05, 0) is 30.2 Å². The molecule has 2 heterocycles. The summed E-state index contributed by atoms with van der Waals surface area (Å²) in [6, 6.07) is 6.95. The fraction of sp³-hybridized carbons (Fsp3) is 0.167. The molecule has 0 radical (unpaired) electrons. The number of hydrogen-bond donors (Lipinski definition) is 2. The maximum absolute atomic E-state index is 11.9. The number of amides is 1. The number of pyridine rings is 1. The number of nitrogens with one attached hydrogen (secondary N) is 1. The smallest absolute Gasteiger partial charge is 0.355 e. The minimum Gasteiger partial charge on any atom is -0.464 e. The second-order valence-electron chi connectivity index (χ2n) is 6.05. The van der Waals surface area contributed by atoms with Crippen LogP contribution < -0.4 is 11.1 Å². The third-order valence-electron chi connectivity index (χ3n) is 4.28. The molecule has 0 aliphatic rings. The second-order valence-corrected chi connectivity index (χ2v) is 6.05. The number of non-ortho nitro benzene ring substituents is 1. The van der Waals surface area contributed by atoms with E-state index in [1.807, 2.05) is 6.92 Å². The zero-order valence-electron chi connectivity index (χ0n) is 15.1. The van der Waals surface area contributed by atoms with Crippen LogP contribution in [0, 0.1) is 17.0 Å². The van der Waals surface area contributed by atoms with Crippen molar-refractivity contribution >= 4 is 34.4 Å². The van der Waals surface area contributed by atoms with E-state index in [1.165, 1.54) is 31.5 Å². The Labute approximate surface area is 159 Å². The van der Waals surface area contributed by atoms with Crippen LogP contribution >= 0.6 is 0 Å². The zero-order valence-corrected chi connectivity index (χ0v) is 15.1. The van der Waals surface area contributed by atoms with E-state index in [2.05, 4.69) is 15.0 Å². The summed E-state index contributed by atoms with van der Waals surface area (Å²) in [5.74, 6) is -0.710. The molecule has 0 saturated carbocycles. The molecule has 0 saturated heterocycles. The number of benzene rings is 1. The molecule has 2 aromatic heterocycles. The molecule has 3 rings (SSSR count). The summed E-state index contributed by atoms with van der Waals surface area (Å²) in [7, 11) is 1.20. The first-order chi connectivity index (χ1) is 13.3. The van der Waals surface area contributed by atoms with Gasteiger partial charge in [-0.15, -0.1) is 0 Å². The van der Waals surface area contributed by atoms with Crippen molar-refractivity contribution in [3.63, 3.8) is 0 Å². The number of primary amides is 1. The maximum Gasteiger partial charge on any atom is 0.355 e. The molecule has 0 bridgehead atoms. The van der Waals surface area contributed by atoms with Crippen LogP contribution in [-0.2, 0) is 11.3 Å². The van der Waals surface area contributed by atoms with Gasteiger partial charge in [0, 0.05) is 24.1 Å². The summed E-state index contributed by atoms with van der Waals surface area (Å²) in [6.07, 6.45) is 1.48. The first-order valence-electron chi connectivity index (χ1n) is 8.19. The fourth-order valence-corrected chi connectivity index (χ4v) is 2.83. The first kappa shape index (κ1) is 18.8. The van der Waals surface area contributed by atoms with E-state index < -0.39 is 16.9 Å². The highest BCUT2D eigenvalue weighted by atomic mass is 16.6. The van der Waals surface area contributed by atoms with Crippen molar-refractivity contribution in [1.82, 2.24) is 9.55 Å². The number of anilines is 1. The van der Waals surface area contributed by atoms with E-state index in [0.29, 0.717) is 17.6 Å². The Morgan fingerprint density at radius 2 is 2.07 bits per heavy atom. The standard InChI is InChI=1S/C18H17N5O5/c1-10-3-4-14(23(26)27)6-12(10)8-20-13-5-11-7-15(17(24)28-2)22(18(19)25)16(11)21-9-13/h3-7,9,20H,8H2,1-2H3,(H2,19,25). The van der Waals surface area contributed by atoms with Gasteiger partial charge in [-0.25, -0.2) is 19.1 Å². The quantitative estimate of drug-likeness (QED) is 0.391. The van der Waals surface area contributed by atoms with Crippen LogP contribution in [0.5, 0.6) is 0 Å². The molecule has 28 heavy (non-hydrogen) atoms. The Balaban J connectivity index is 1.91. The lowest BCUT2D eigenvalue weighted by molar-refractivity contribution is -0.384. The molecule has 1 aromatic carbocycles. The van der Waals surface area contributed by atoms with Gasteiger partial charge < -0.3 is 15.8 Å². The molecule has 1 amide bonds. The lowest BCUT2D eigenvalue weighted by Crippen LogP contribution is -2.24. The summed E-state index contributed by atoms with van der Waals surface area (Å²) in [5, 5.41) is 14.6. The number of rotatable bonds is 5. The van der Waals surface area contributed by atoms with Crippen LogP contribution in [0.1, 0.15) is 21.6 Å². The molecule has 0 unspecified atom stereocenters. The summed E-state index contributed by atoms with van der Waals surface area (Å²) in [6.45, 7) is 2.19. The van der Waals surface area contributed by atoms with Gasteiger partial charge in [-0.2, -0.15) is 0 Å². The van der Waals surface area contributed by atoms with Crippen LogP contribution in [0.2, 0.25) is 0 Å². The number of hydrogen-bond acceptors (Lipinski definition) is 7. The Morgan fingerprint density at radius 1 is 1.32 bits per heavy atom. The lowest BCUT2D eigenvalue weighted by Gasteiger charge is -2.09. The normalized spacial score (nSPS) is 10.6. The Hall–Kier alpha value is -3.95. The highest BCUT2D eigenvalue weighted by Gasteiger charge is 2.20. The molecule has 0 aliphatic heterocycles. The minimum atomic E-state index is -0.851. The average molecular weight is 383 g/mol. The van der Waals surface area contributed by atoms with Crippen LogP contribution in [0.15, 0.2) is 36.5 Å². The molecule has 0 spiro atoms. The van der Waals surface area contributed by atoms with Crippen molar-refractivity contribution in [2.24, 2.45) is 5.73 Å². The third kappa shape index (κ3) is 3.47. The topological polar surface area (TPSA) is 142 Å². The molecular weight excluding hydrogens is 366 g/mol.